The Hall–Kier alpha value is -0.160. The Kier molecular flexibility index (Phi) is 3.03. The van der Waals surface area contributed by atoms with Crippen LogP contribution in [-0.4, -0.2) is 11.6 Å². The lowest BCUT2D eigenvalue weighted by Gasteiger charge is -2.49. The highest BCUT2D eigenvalue weighted by molar-refractivity contribution is 5.04. The first-order valence-electron chi connectivity index (χ1n) is 6.21. The molecule has 94 valence electrons. The van der Waals surface area contributed by atoms with E-state index in [0.29, 0.717) is 0 Å². The molecule has 0 saturated carbocycles. The van der Waals surface area contributed by atoms with Crippen molar-refractivity contribution in [3.8, 4) is 0 Å². The van der Waals surface area contributed by atoms with E-state index in [4.69, 9.17) is 19.6 Å². The van der Waals surface area contributed by atoms with Crippen molar-refractivity contribution < 1.29 is 19.6 Å². The minimum absolute atomic E-state index is 0.0615. The van der Waals surface area contributed by atoms with Gasteiger partial charge in [0.1, 0.15) is 0 Å². The van der Waals surface area contributed by atoms with Crippen LogP contribution in [0.25, 0.3) is 0 Å². The van der Waals surface area contributed by atoms with Crippen molar-refractivity contribution in [1.29, 1.82) is 0 Å². The molecule has 0 radical (unpaired) electrons. The van der Waals surface area contributed by atoms with E-state index >= 15 is 0 Å². The van der Waals surface area contributed by atoms with Crippen LogP contribution >= 0.6 is 0 Å². The molecule has 0 aromatic carbocycles. The average molecular weight is 230 g/mol. The van der Waals surface area contributed by atoms with Gasteiger partial charge >= 0.3 is 5.97 Å². The highest BCUT2D eigenvalue weighted by Crippen LogP contribution is 2.61. The Morgan fingerprint density at radius 1 is 0.875 bits per heavy atom. The fourth-order valence-corrected chi connectivity index (χ4v) is 2.37. The molecule has 0 bridgehead atoms. The van der Waals surface area contributed by atoms with Crippen LogP contribution in [-0.2, 0) is 19.6 Å². The molecular formula is C12H22O4. The normalized spacial score (nSPS) is 31.5. The third-order valence-electron chi connectivity index (χ3n) is 3.62. The Morgan fingerprint density at radius 2 is 1.50 bits per heavy atom. The highest BCUT2D eigenvalue weighted by Gasteiger charge is 2.81. The minimum Gasteiger partial charge on any atom is -0.215 e. The molecule has 0 N–H and O–H groups in total. The average Bonchev–Trinajstić information content (AvgIpc) is 2.95. The van der Waals surface area contributed by atoms with Gasteiger partial charge in [0.25, 0.3) is 0 Å². The molecule has 16 heavy (non-hydrogen) atoms. The van der Waals surface area contributed by atoms with Gasteiger partial charge in [-0.15, -0.1) is 0 Å². The van der Waals surface area contributed by atoms with Crippen molar-refractivity contribution in [2.75, 3.05) is 0 Å². The van der Waals surface area contributed by atoms with Gasteiger partial charge in [-0.3, -0.25) is 0 Å². The van der Waals surface area contributed by atoms with Gasteiger partial charge in [-0.2, -0.15) is 14.7 Å². The lowest BCUT2D eigenvalue weighted by atomic mass is 9.71. The van der Waals surface area contributed by atoms with Crippen molar-refractivity contribution >= 4 is 0 Å². The Balaban J connectivity index is 1.95. The van der Waals surface area contributed by atoms with Crippen molar-refractivity contribution in [2.24, 2.45) is 5.41 Å². The van der Waals surface area contributed by atoms with Crippen LogP contribution in [0.4, 0.5) is 0 Å². The van der Waals surface area contributed by atoms with E-state index in [9.17, 15) is 0 Å². The molecule has 2 heterocycles. The van der Waals surface area contributed by atoms with Crippen molar-refractivity contribution in [1.82, 2.24) is 0 Å². The van der Waals surface area contributed by atoms with Gasteiger partial charge < -0.3 is 0 Å². The van der Waals surface area contributed by atoms with Crippen molar-refractivity contribution in [3.63, 3.8) is 0 Å². The monoisotopic (exact) mass is 230 g/mol. The highest BCUT2D eigenvalue weighted by atomic mass is 17.5. The van der Waals surface area contributed by atoms with Gasteiger partial charge in [-0.1, -0.05) is 53.4 Å². The van der Waals surface area contributed by atoms with Crippen LogP contribution in [0.1, 0.15) is 59.8 Å². The van der Waals surface area contributed by atoms with Crippen LogP contribution in [0.15, 0.2) is 0 Å². The second kappa shape index (κ2) is 3.95. The van der Waals surface area contributed by atoms with Crippen molar-refractivity contribution in [3.05, 3.63) is 0 Å². The second-order valence-corrected chi connectivity index (χ2v) is 5.78. The van der Waals surface area contributed by atoms with Gasteiger partial charge in [0.15, 0.2) is 5.60 Å². The summed E-state index contributed by atoms with van der Waals surface area (Å²) in [7, 11) is 0. The summed E-state index contributed by atoms with van der Waals surface area (Å²) in [6, 6.07) is 0. The molecule has 0 aromatic heterocycles. The summed E-state index contributed by atoms with van der Waals surface area (Å²) >= 11 is 0. The van der Waals surface area contributed by atoms with Crippen LogP contribution in [0.3, 0.4) is 0 Å². The topological polar surface area (TPSA) is 43.5 Å². The molecule has 2 rings (SSSR count). The molecule has 4 heteroatoms. The fourth-order valence-electron chi connectivity index (χ4n) is 2.37. The summed E-state index contributed by atoms with van der Waals surface area (Å²) in [6.07, 6.45) is 5.74. The van der Waals surface area contributed by atoms with E-state index < -0.39 is 11.6 Å². The molecular weight excluding hydrogens is 208 g/mol. The van der Waals surface area contributed by atoms with E-state index in [2.05, 4.69) is 27.7 Å². The predicted octanol–water partition coefficient (Wildman–Crippen LogP) is 3.32. The van der Waals surface area contributed by atoms with Gasteiger partial charge in [0.05, 0.1) is 0 Å². The van der Waals surface area contributed by atoms with Crippen molar-refractivity contribution in [2.45, 2.75) is 71.4 Å². The van der Waals surface area contributed by atoms with E-state index in [1.165, 1.54) is 19.3 Å². The first kappa shape index (κ1) is 12.3. The van der Waals surface area contributed by atoms with Crippen LogP contribution < -0.4 is 0 Å². The zero-order valence-electron chi connectivity index (χ0n) is 10.7. The third-order valence-corrected chi connectivity index (χ3v) is 3.62. The predicted molar refractivity (Wildman–Crippen MR) is 58.0 cm³/mol. The fraction of sp³-hybridized carbons (Fsp3) is 1.00. The smallest absolute Gasteiger partial charge is 0.215 e. The molecule has 2 aliphatic rings. The van der Waals surface area contributed by atoms with E-state index in [1.54, 1.807) is 0 Å². The molecule has 1 unspecified atom stereocenters. The standard InChI is InChI=1S/C12H22O4/c1-5-6-7-8-9-11(10(2,3)4)12(14-13-11)15-16-12/h5-9H2,1-4H3. The minimum atomic E-state index is -0.905. The Bertz CT molecular complexity index is 250. The lowest BCUT2D eigenvalue weighted by Crippen LogP contribution is -2.66. The molecule has 1 atom stereocenters. The number of hydrogen-bond donors (Lipinski definition) is 0. The zero-order valence-corrected chi connectivity index (χ0v) is 10.7. The first-order valence-corrected chi connectivity index (χ1v) is 6.21. The maximum atomic E-state index is 5.39. The summed E-state index contributed by atoms with van der Waals surface area (Å²) in [4.78, 5) is 20.3. The largest absolute Gasteiger partial charge is 0.397 e. The maximum absolute atomic E-state index is 5.39. The summed E-state index contributed by atoms with van der Waals surface area (Å²) < 4.78 is 0. The first-order chi connectivity index (χ1) is 7.47. The quantitative estimate of drug-likeness (QED) is 0.413. The lowest BCUT2D eigenvalue weighted by molar-refractivity contribution is -0.578. The number of hydrogen-bond acceptors (Lipinski definition) is 4. The molecule has 2 aliphatic heterocycles. The molecule has 2 saturated heterocycles. The Morgan fingerprint density at radius 3 is 1.88 bits per heavy atom. The summed E-state index contributed by atoms with van der Waals surface area (Å²) in [5.74, 6) is -0.905. The summed E-state index contributed by atoms with van der Waals surface area (Å²) in [6.45, 7) is 8.59. The van der Waals surface area contributed by atoms with Crippen LogP contribution in [0, 0.1) is 5.41 Å². The van der Waals surface area contributed by atoms with Gasteiger partial charge in [0.2, 0.25) is 0 Å². The zero-order chi connectivity index (χ0) is 11.9. The molecule has 0 amide bonds. The molecule has 0 aliphatic carbocycles. The molecule has 1 spiro atoms. The molecule has 4 nitrogen and oxygen atoms in total. The summed E-state index contributed by atoms with van der Waals surface area (Å²) in [5, 5.41) is 0. The summed E-state index contributed by atoms with van der Waals surface area (Å²) in [5.41, 5.74) is -0.512. The molecule has 0 aromatic rings. The third kappa shape index (κ3) is 1.68. The van der Waals surface area contributed by atoms with Crippen LogP contribution in [0.2, 0.25) is 0 Å². The molecule has 2 fully saturated rings. The SMILES string of the molecule is CCCCCCC1(C(C)(C)C)OOC12OO2. The number of rotatable bonds is 5. The van der Waals surface area contributed by atoms with E-state index in [1.807, 2.05) is 0 Å². The van der Waals surface area contributed by atoms with E-state index in [0.717, 1.165) is 12.8 Å². The Labute approximate surface area is 97.1 Å². The van der Waals surface area contributed by atoms with Gasteiger partial charge in [0, 0.05) is 5.41 Å². The van der Waals surface area contributed by atoms with Gasteiger partial charge in [-0.25, -0.2) is 4.89 Å². The van der Waals surface area contributed by atoms with Crippen LogP contribution in [0.5, 0.6) is 0 Å². The van der Waals surface area contributed by atoms with E-state index in [-0.39, 0.29) is 5.41 Å². The van der Waals surface area contributed by atoms with Gasteiger partial charge in [-0.05, 0) is 6.42 Å². The second-order valence-electron chi connectivity index (χ2n) is 5.78. The number of unbranched alkanes of at least 4 members (excludes halogenated alkanes) is 3. The maximum Gasteiger partial charge on any atom is 0.397 e.